The van der Waals surface area contributed by atoms with Crippen LogP contribution in [0.5, 0.6) is 0 Å². The highest BCUT2D eigenvalue weighted by Crippen LogP contribution is 2.18. The zero-order valence-electron chi connectivity index (χ0n) is 27.4. The maximum Gasteiger partial charge on any atom is 0.320 e. The fourth-order valence-electron chi connectivity index (χ4n) is 5.68. The number of imidazole rings is 2. The van der Waals surface area contributed by atoms with E-state index in [9.17, 15) is 4.79 Å². The van der Waals surface area contributed by atoms with Crippen LogP contribution < -0.4 is 0 Å². The highest BCUT2D eigenvalue weighted by atomic mass is 16.5. The molecule has 0 unspecified atom stereocenters. The van der Waals surface area contributed by atoms with Crippen LogP contribution in [0.25, 0.3) is 0 Å². The number of nitrogens with zero attached hydrogens (tertiary/aromatic N) is 6. The number of rotatable bonds is 21. The van der Waals surface area contributed by atoms with Crippen LogP contribution in [0.1, 0.15) is 67.9 Å². The average Bonchev–Trinajstić information content (AvgIpc) is 3.71. The van der Waals surface area contributed by atoms with E-state index >= 15 is 0 Å². The first-order valence-electron chi connectivity index (χ1n) is 16.4. The molecule has 0 fully saturated rings. The van der Waals surface area contributed by atoms with Gasteiger partial charge in [-0.1, -0.05) is 68.4 Å². The van der Waals surface area contributed by atoms with Gasteiger partial charge in [0, 0.05) is 44.9 Å². The fraction of sp³-hybridized carbons (Fsp3) is 0.472. The van der Waals surface area contributed by atoms with Gasteiger partial charge in [-0.25, -0.2) is 9.97 Å². The van der Waals surface area contributed by atoms with Crippen molar-refractivity contribution in [1.29, 1.82) is 0 Å². The van der Waals surface area contributed by atoms with Crippen LogP contribution in [0, 0.1) is 0 Å². The Morgan fingerprint density at radius 3 is 2.07 bits per heavy atom. The zero-order chi connectivity index (χ0) is 31.7. The van der Waals surface area contributed by atoms with E-state index in [0.717, 1.165) is 62.8 Å². The third-order valence-electron chi connectivity index (χ3n) is 7.99. The minimum atomic E-state index is -0.191. The van der Waals surface area contributed by atoms with E-state index in [0.29, 0.717) is 26.2 Å². The first-order valence-corrected chi connectivity index (χ1v) is 16.4. The predicted octanol–water partition coefficient (Wildman–Crippen LogP) is 5.79. The van der Waals surface area contributed by atoms with E-state index in [-0.39, 0.29) is 12.5 Å². The van der Waals surface area contributed by atoms with Crippen molar-refractivity contribution < 1.29 is 9.53 Å². The Morgan fingerprint density at radius 1 is 0.778 bits per heavy atom. The van der Waals surface area contributed by atoms with Gasteiger partial charge in [-0.2, -0.15) is 0 Å². The molecular formula is C36H51N7O2. The van der Waals surface area contributed by atoms with Gasteiger partial charge in [-0.15, -0.1) is 0 Å². The van der Waals surface area contributed by atoms with Crippen molar-refractivity contribution in [2.24, 2.45) is 7.05 Å². The number of nitrogens with one attached hydrogen (secondary N) is 1. The smallest absolute Gasteiger partial charge is 0.320 e. The molecule has 0 atom stereocenters. The summed E-state index contributed by atoms with van der Waals surface area (Å²) < 4.78 is 7.77. The number of ether oxygens (including phenoxy) is 1. The van der Waals surface area contributed by atoms with Gasteiger partial charge in [-0.05, 0) is 68.6 Å². The molecule has 1 N–H and O–H groups in total. The second-order valence-corrected chi connectivity index (χ2v) is 11.8. The lowest BCUT2D eigenvalue weighted by molar-refractivity contribution is -0.146. The Morgan fingerprint density at radius 2 is 1.44 bits per heavy atom. The van der Waals surface area contributed by atoms with Crippen LogP contribution in [-0.2, 0) is 49.4 Å². The Labute approximate surface area is 269 Å². The largest absolute Gasteiger partial charge is 0.460 e. The summed E-state index contributed by atoms with van der Waals surface area (Å²) in [6.45, 7) is 12.1. The maximum atomic E-state index is 13.1. The molecule has 4 aromatic rings. The Bertz CT molecular complexity index is 1370. The highest BCUT2D eigenvalue weighted by molar-refractivity contribution is 5.71. The van der Waals surface area contributed by atoms with Crippen molar-refractivity contribution in [3.05, 3.63) is 108 Å². The number of hydrogen-bond donors (Lipinski definition) is 1. The molecule has 9 heteroatoms. The van der Waals surface area contributed by atoms with Crippen molar-refractivity contribution >= 4 is 5.97 Å². The van der Waals surface area contributed by atoms with E-state index < -0.39 is 0 Å². The number of aryl methyl sites for hydroxylation is 1. The quantitative estimate of drug-likeness (QED) is 0.0941. The summed E-state index contributed by atoms with van der Waals surface area (Å²) >= 11 is 0. The van der Waals surface area contributed by atoms with E-state index in [1.54, 1.807) is 6.20 Å². The number of esters is 1. The highest BCUT2D eigenvalue weighted by Gasteiger charge is 2.18. The van der Waals surface area contributed by atoms with Crippen LogP contribution in [0.4, 0.5) is 0 Å². The molecule has 0 bridgehead atoms. The molecular weight excluding hydrogens is 562 g/mol. The Hall–Kier alpha value is -3.79. The van der Waals surface area contributed by atoms with Crippen molar-refractivity contribution in [2.45, 2.75) is 72.3 Å². The molecule has 0 radical (unpaired) electrons. The first-order chi connectivity index (χ1) is 22.0. The SMILES string of the molecule is CCCN(CCC)CCCCN(CC(=O)OCc1ccccc1)Cc1ccccc1CN(Cc1ncc[nH]1)Cc1nccn1C. The van der Waals surface area contributed by atoms with Crippen LogP contribution in [0.3, 0.4) is 0 Å². The molecule has 9 nitrogen and oxygen atoms in total. The average molecular weight is 614 g/mol. The van der Waals surface area contributed by atoms with Gasteiger partial charge in [0.25, 0.3) is 0 Å². The number of benzene rings is 2. The maximum absolute atomic E-state index is 13.1. The van der Waals surface area contributed by atoms with Gasteiger partial charge in [-0.3, -0.25) is 14.6 Å². The van der Waals surface area contributed by atoms with Crippen LogP contribution in [-0.4, -0.2) is 72.9 Å². The zero-order valence-corrected chi connectivity index (χ0v) is 27.4. The molecule has 0 saturated carbocycles. The molecule has 45 heavy (non-hydrogen) atoms. The lowest BCUT2D eigenvalue weighted by atomic mass is 10.1. The fourth-order valence-corrected chi connectivity index (χ4v) is 5.68. The molecule has 2 aromatic carbocycles. The molecule has 0 amide bonds. The van der Waals surface area contributed by atoms with E-state index in [4.69, 9.17) is 4.74 Å². The lowest BCUT2D eigenvalue weighted by Crippen LogP contribution is -2.33. The van der Waals surface area contributed by atoms with Crippen LogP contribution in [0.2, 0.25) is 0 Å². The topological polar surface area (TPSA) is 82.5 Å². The Balaban J connectivity index is 1.45. The standard InChI is InChI=1S/C36H51N7O2/c1-4-20-41(21-5-2)22-11-12-23-42(29-36(44)45-30-31-13-7-6-8-14-31)25-32-15-9-10-16-33(32)26-43(27-34-37-17-18-38-34)28-35-39-19-24-40(35)3/h6-10,13-19,24H,4-5,11-12,20-23,25-30H2,1-3H3,(H,37,38). The molecule has 242 valence electrons. The van der Waals surface area contributed by atoms with Crippen molar-refractivity contribution in [1.82, 2.24) is 34.2 Å². The van der Waals surface area contributed by atoms with Crippen LogP contribution in [0.15, 0.2) is 79.4 Å². The third kappa shape index (κ3) is 11.9. The number of H-pyrrole nitrogens is 1. The summed E-state index contributed by atoms with van der Waals surface area (Å²) in [6.07, 6.45) is 12.0. The summed E-state index contributed by atoms with van der Waals surface area (Å²) in [6, 6.07) is 18.4. The summed E-state index contributed by atoms with van der Waals surface area (Å²) in [5.41, 5.74) is 3.45. The molecule has 0 aliphatic heterocycles. The van der Waals surface area contributed by atoms with Crippen molar-refractivity contribution in [2.75, 3.05) is 32.7 Å². The number of aromatic nitrogens is 4. The summed E-state index contributed by atoms with van der Waals surface area (Å²) in [4.78, 5) is 32.6. The predicted molar refractivity (Wildman–Crippen MR) is 179 cm³/mol. The van der Waals surface area contributed by atoms with Gasteiger partial charge in [0.05, 0.1) is 19.6 Å². The lowest BCUT2D eigenvalue weighted by Gasteiger charge is -2.26. The minimum absolute atomic E-state index is 0.191. The van der Waals surface area contributed by atoms with Gasteiger partial charge < -0.3 is 19.2 Å². The minimum Gasteiger partial charge on any atom is -0.460 e. The second-order valence-electron chi connectivity index (χ2n) is 11.8. The molecule has 0 aliphatic carbocycles. The Kier molecular flexibility index (Phi) is 14.3. The van der Waals surface area contributed by atoms with Gasteiger partial charge >= 0.3 is 5.97 Å². The summed E-state index contributed by atoms with van der Waals surface area (Å²) in [5, 5.41) is 0. The molecule has 4 rings (SSSR count). The first kappa shape index (κ1) is 34.1. The van der Waals surface area contributed by atoms with E-state index in [1.165, 1.54) is 24.0 Å². The molecule has 0 aliphatic rings. The summed E-state index contributed by atoms with van der Waals surface area (Å²) in [5.74, 6) is 1.73. The monoisotopic (exact) mass is 613 g/mol. The normalized spacial score (nSPS) is 11.6. The number of hydrogen-bond acceptors (Lipinski definition) is 7. The molecule has 0 spiro atoms. The van der Waals surface area contributed by atoms with Crippen molar-refractivity contribution in [3.8, 4) is 0 Å². The number of carbonyl (C=O) groups excluding carboxylic acids is 1. The number of aromatic amines is 1. The van der Waals surface area contributed by atoms with Crippen LogP contribution >= 0.6 is 0 Å². The molecule has 2 aromatic heterocycles. The summed E-state index contributed by atoms with van der Waals surface area (Å²) in [7, 11) is 2.03. The number of carbonyl (C=O) groups is 1. The van der Waals surface area contributed by atoms with E-state index in [2.05, 4.69) is 72.3 Å². The van der Waals surface area contributed by atoms with Gasteiger partial charge in [0.2, 0.25) is 0 Å². The molecule has 0 saturated heterocycles. The molecule has 2 heterocycles. The number of unbranched alkanes of at least 4 members (excludes halogenated alkanes) is 1. The van der Waals surface area contributed by atoms with E-state index in [1.807, 2.05) is 56.0 Å². The van der Waals surface area contributed by atoms with Gasteiger partial charge in [0.1, 0.15) is 18.3 Å². The van der Waals surface area contributed by atoms with Gasteiger partial charge in [0.15, 0.2) is 0 Å². The van der Waals surface area contributed by atoms with Crippen molar-refractivity contribution in [3.63, 3.8) is 0 Å². The second kappa shape index (κ2) is 18.9. The third-order valence-corrected chi connectivity index (χ3v) is 7.99.